The van der Waals surface area contributed by atoms with E-state index in [1.54, 1.807) is 0 Å². The standard InChI is InChI=1S/C8H6ClFO2/c9-8(12)7(11)5-2-1-3-6(10)4-5/h1-4,7,11H. The maximum absolute atomic E-state index is 12.5. The number of aliphatic hydroxyl groups is 1. The molecule has 0 aliphatic rings. The van der Waals surface area contributed by atoms with Crippen LogP contribution in [0.2, 0.25) is 0 Å². The van der Waals surface area contributed by atoms with Crippen LogP contribution in [0.3, 0.4) is 0 Å². The molecule has 12 heavy (non-hydrogen) atoms. The van der Waals surface area contributed by atoms with Gasteiger partial charge in [0.25, 0.3) is 5.24 Å². The molecule has 1 N–H and O–H groups in total. The number of carbonyl (C=O) groups is 1. The Balaban J connectivity index is 2.95. The minimum atomic E-state index is -1.44. The maximum atomic E-state index is 12.5. The molecular formula is C8H6ClFO2. The summed E-state index contributed by atoms with van der Waals surface area (Å²) in [5.41, 5.74) is 0.162. The Morgan fingerprint density at radius 3 is 2.75 bits per heavy atom. The Kier molecular flexibility index (Phi) is 2.78. The van der Waals surface area contributed by atoms with Crippen LogP contribution in [0.5, 0.6) is 0 Å². The van der Waals surface area contributed by atoms with Crippen molar-refractivity contribution < 1.29 is 14.3 Å². The third-order valence-electron chi connectivity index (χ3n) is 1.38. The van der Waals surface area contributed by atoms with Crippen LogP contribution in [0.4, 0.5) is 4.39 Å². The van der Waals surface area contributed by atoms with Crippen LogP contribution in [0, 0.1) is 5.82 Å². The molecule has 0 saturated heterocycles. The highest BCUT2D eigenvalue weighted by Crippen LogP contribution is 2.15. The van der Waals surface area contributed by atoms with Gasteiger partial charge in [-0.15, -0.1) is 0 Å². The molecule has 0 fully saturated rings. The second kappa shape index (κ2) is 3.65. The number of hydrogen-bond acceptors (Lipinski definition) is 2. The molecule has 1 aromatic carbocycles. The summed E-state index contributed by atoms with van der Waals surface area (Å²) in [7, 11) is 0. The van der Waals surface area contributed by atoms with Gasteiger partial charge >= 0.3 is 0 Å². The number of halogens is 2. The highest BCUT2D eigenvalue weighted by molar-refractivity contribution is 6.64. The van der Waals surface area contributed by atoms with Gasteiger partial charge in [0.05, 0.1) is 0 Å². The van der Waals surface area contributed by atoms with Crippen LogP contribution in [0.25, 0.3) is 0 Å². The first kappa shape index (κ1) is 9.16. The molecule has 2 nitrogen and oxygen atoms in total. The molecule has 4 heteroatoms. The second-order valence-corrected chi connectivity index (χ2v) is 2.63. The van der Waals surface area contributed by atoms with Crippen LogP contribution < -0.4 is 0 Å². The molecule has 0 aromatic heterocycles. The molecule has 0 amide bonds. The largest absolute Gasteiger partial charge is 0.379 e. The quantitative estimate of drug-likeness (QED) is 0.717. The first-order valence-electron chi connectivity index (χ1n) is 3.24. The molecule has 1 atom stereocenters. The van der Waals surface area contributed by atoms with Gasteiger partial charge in [0, 0.05) is 0 Å². The predicted octanol–water partition coefficient (Wildman–Crippen LogP) is 1.62. The van der Waals surface area contributed by atoms with Gasteiger partial charge in [0.1, 0.15) is 5.82 Å². The lowest BCUT2D eigenvalue weighted by molar-refractivity contribution is -0.119. The van der Waals surface area contributed by atoms with E-state index in [1.807, 2.05) is 0 Å². The highest BCUT2D eigenvalue weighted by Gasteiger charge is 2.14. The van der Waals surface area contributed by atoms with Crippen LogP contribution in [0.15, 0.2) is 24.3 Å². The van der Waals surface area contributed by atoms with Gasteiger partial charge in [-0.05, 0) is 29.3 Å². The van der Waals surface area contributed by atoms with Gasteiger partial charge < -0.3 is 5.11 Å². The van der Waals surface area contributed by atoms with E-state index in [-0.39, 0.29) is 5.56 Å². The monoisotopic (exact) mass is 188 g/mol. The van der Waals surface area contributed by atoms with Crippen molar-refractivity contribution in [2.75, 3.05) is 0 Å². The fourth-order valence-electron chi connectivity index (χ4n) is 0.808. The normalized spacial score (nSPS) is 12.6. The van der Waals surface area contributed by atoms with Crippen molar-refractivity contribution in [1.29, 1.82) is 0 Å². The molecule has 64 valence electrons. The van der Waals surface area contributed by atoms with Crippen molar-refractivity contribution in [3.8, 4) is 0 Å². The molecule has 0 radical (unpaired) electrons. The summed E-state index contributed by atoms with van der Waals surface area (Å²) in [6.45, 7) is 0. The summed E-state index contributed by atoms with van der Waals surface area (Å²) in [4.78, 5) is 10.4. The zero-order valence-electron chi connectivity index (χ0n) is 6.00. The minimum Gasteiger partial charge on any atom is -0.379 e. The van der Waals surface area contributed by atoms with E-state index in [0.29, 0.717) is 0 Å². The second-order valence-electron chi connectivity index (χ2n) is 2.26. The van der Waals surface area contributed by atoms with E-state index in [1.165, 1.54) is 18.2 Å². The number of aliphatic hydroxyl groups excluding tert-OH is 1. The van der Waals surface area contributed by atoms with Crippen molar-refractivity contribution in [1.82, 2.24) is 0 Å². The lowest BCUT2D eigenvalue weighted by Crippen LogP contribution is -2.05. The molecule has 0 heterocycles. The van der Waals surface area contributed by atoms with Crippen molar-refractivity contribution >= 4 is 16.8 Å². The number of benzene rings is 1. The summed E-state index contributed by atoms with van der Waals surface area (Å²) < 4.78 is 12.5. The summed E-state index contributed by atoms with van der Waals surface area (Å²) in [5.74, 6) is -0.510. The van der Waals surface area contributed by atoms with E-state index in [0.717, 1.165) is 6.07 Å². The zero-order valence-corrected chi connectivity index (χ0v) is 6.75. The first-order chi connectivity index (χ1) is 5.61. The molecule has 0 aliphatic carbocycles. The maximum Gasteiger partial charge on any atom is 0.254 e. The van der Waals surface area contributed by atoms with Crippen molar-refractivity contribution in [2.45, 2.75) is 6.10 Å². The average Bonchev–Trinajstić information content (AvgIpc) is 2.03. The van der Waals surface area contributed by atoms with Crippen molar-refractivity contribution in [3.63, 3.8) is 0 Å². The number of carbonyl (C=O) groups excluding carboxylic acids is 1. The van der Waals surface area contributed by atoms with Crippen molar-refractivity contribution in [2.24, 2.45) is 0 Å². The summed E-state index contributed by atoms with van der Waals surface area (Å²) in [5, 5.41) is 8.16. The van der Waals surface area contributed by atoms with Gasteiger partial charge in [0.2, 0.25) is 0 Å². The molecule has 1 rings (SSSR count). The Labute approximate surface area is 73.6 Å². The summed E-state index contributed by atoms with van der Waals surface area (Å²) >= 11 is 5.00. The van der Waals surface area contributed by atoms with Crippen molar-refractivity contribution in [3.05, 3.63) is 35.6 Å². The molecule has 1 aromatic rings. The average molecular weight is 189 g/mol. The lowest BCUT2D eigenvalue weighted by Gasteiger charge is -2.04. The molecule has 0 bridgehead atoms. The van der Waals surface area contributed by atoms with E-state index in [2.05, 4.69) is 0 Å². The van der Waals surface area contributed by atoms with E-state index >= 15 is 0 Å². The molecular weight excluding hydrogens is 183 g/mol. The fraction of sp³-hybridized carbons (Fsp3) is 0.125. The Hall–Kier alpha value is -0.930. The van der Waals surface area contributed by atoms with Gasteiger partial charge in [-0.2, -0.15) is 0 Å². The summed E-state index contributed by atoms with van der Waals surface area (Å²) in [6, 6.07) is 5.10. The van der Waals surface area contributed by atoms with Gasteiger partial charge in [-0.1, -0.05) is 12.1 Å². The fourth-order valence-corrected chi connectivity index (χ4v) is 0.934. The Morgan fingerprint density at radius 1 is 1.58 bits per heavy atom. The third kappa shape index (κ3) is 2.03. The SMILES string of the molecule is O=C(Cl)C(O)c1cccc(F)c1. The van der Waals surface area contributed by atoms with E-state index in [4.69, 9.17) is 16.7 Å². The van der Waals surface area contributed by atoms with E-state index < -0.39 is 17.2 Å². The van der Waals surface area contributed by atoms with Gasteiger partial charge in [-0.25, -0.2) is 4.39 Å². The van der Waals surface area contributed by atoms with Crippen LogP contribution >= 0.6 is 11.6 Å². The Morgan fingerprint density at radius 2 is 2.25 bits per heavy atom. The van der Waals surface area contributed by atoms with Gasteiger partial charge in [-0.3, -0.25) is 4.79 Å². The van der Waals surface area contributed by atoms with Gasteiger partial charge in [0.15, 0.2) is 6.10 Å². The highest BCUT2D eigenvalue weighted by atomic mass is 35.5. The predicted molar refractivity (Wildman–Crippen MR) is 42.2 cm³/mol. The molecule has 0 spiro atoms. The zero-order chi connectivity index (χ0) is 9.14. The van der Waals surface area contributed by atoms with E-state index in [9.17, 15) is 9.18 Å². The minimum absolute atomic E-state index is 0.162. The molecule has 1 unspecified atom stereocenters. The summed E-state index contributed by atoms with van der Waals surface area (Å²) in [6.07, 6.45) is -1.44. The van der Waals surface area contributed by atoms with Crippen LogP contribution in [0.1, 0.15) is 11.7 Å². The smallest absolute Gasteiger partial charge is 0.254 e. The Bertz CT molecular complexity index is 301. The third-order valence-corrected chi connectivity index (χ3v) is 1.59. The number of hydrogen-bond donors (Lipinski definition) is 1. The van der Waals surface area contributed by atoms with Crippen LogP contribution in [-0.2, 0) is 4.79 Å². The van der Waals surface area contributed by atoms with Crippen LogP contribution in [-0.4, -0.2) is 10.3 Å². The topological polar surface area (TPSA) is 37.3 Å². The molecule has 0 saturated carbocycles. The number of rotatable bonds is 2. The molecule has 0 aliphatic heterocycles. The first-order valence-corrected chi connectivity index (χ1v) is 3.62. The lowest BCUT2D eigenvalue weighted by atomic mass is 10.1.